The molecule has 108 valence electrons. The molecule has 4 nitrogen and oxygen atoms in total. The molecule has 1 aromatic rings. The average Bonchev–Trinajstić information content (AvgIpc) is 2.89. The van der Waals surface area contributed by atoms with Gasteiger partial charge in [0.1, 0.15) is 11.9 Å². The maximum atomic E-state index is 14.0. The van der Waals surface area contributed by atoms with Crippen LogP contribution in [0.25, 0.3) is 0 Å². The van der Waals surface area contributed by atoms with Crippen LogP contribution >= 0.6 is 0 Å². The fourth-order valence-corrected chi connectivity index (χ4v) is 2.84. The van der Waals surface area contributed by atoms with Crippen molar-refractivity contribution in [1.29, 1.82) is 0 Å². The lowest BCUT2D eigenvalue weighted by molar-refractivity contribution is -0.142. The number of benzene rings is 1. The molecule has 1 amide bonds. The number of aliphatic carboxylic acids is 1. The summed E-state index contributed by atoms with van der Waals surface area (Å²) in [7, 11) is 0. The fourth-order valence-electron chi connectivity index (χ4n) is 2.84. The van der Waals surface area contributed by atoms with E-state index in [-0.39, 0.29) is 0 Å². The molecule has 0 bridgehead atoms. The summed E-state index contributed by atoms with van der Waals surface area (Å²) >= 11 is 0. The van der Waals surface area contributed by atoms with Crippen LogP contribution in [0.1, 0.15) is 38.2 Å². The highest BCUT2D eigenvalue weighted by Gasteiger charge is 2.44. The normalized spacial score (nSPS) is 18.5. The van der Waals surface area contributed by atoms with Gasteiger partial charge in [-0.3, -0.25) is 9.59 Å². The van der Waals surface area contributed by atoms with Crippen LogP contribution in [0.5, 0.6) is 0 Å². The quantitative estimate of drug-likeness (QED) is 0.888. The van der Waals surface area contributed by atoms with E-state index in [0.29, 0.717) is 18.4 Å². The van der Waals surface area contributed by atoms with Gasteiger partial charge in [-0.2, -0.15) is 0 Å². The highest BCUT2D eigenvalue weighted by Crippen LogP contribution is 2.42. The van der Waals surface area contributed by atoms with E-state index in [1.54, 1.807) is 18.2 Å². The Hall–Kier alpha value is -1.91. The molecule has 1 aliphatic carbocycles. The summed E-state index contributed by atoms with van der Waals surface area (Å²) in [5.41, 5.74) is -0.567. The van der Waals surface area contributed by atoms with Crippen molar-refractivity contribution >= 4 is 11.9 Å². The van der Waals surface area contributed by atoms with Gasteiger partial charge < -0.3 is 10.4 Å². The van der Waals surface area contributed by atoms with Crippen molar-refractivity contribution in [3.63, 3.8) is 0 Å². The molecule has 1 aliphatic rings. The number of hydrogen-bond donors (Lipinski definition) is 2. The molecule has 0 aliphatic heterocycles. The van der Waals surface area contributed by atoms with Gasteiger partial charge in [-0.05, 0) is 25.8 Å². The first-order valence-electron chi connectivity index (χ1n) is 6.76. The minimum atomic E-state index is -1.10. The fraction of sp³-hybridized carbons (Fsp3) is 0.467. The second-order valence-electron chi connectivity index (χ2n) is 5.30. The van der Waals surface area contributed by atoms with Crippen molar-refractivity contribution < 1.29 is 19.1 Å². The van der Waals surface area contributed by atoms with E-state index >= 15 is 0 Å². The van der Waals surface area contributed by atoms with E-state index in [1.807, 2.05) is 0 Å². The zero-order chi connectivity index (χ0) is 14.8. The van der Waals surface area contributed by atoms with Gasteiger partial charge in [0.05, 0.1) is 5.41 Å². The van der Waals surface area contributed by atoms with Crippen molar-refractivity contribution in [3.05, 3.63) is 35.6 Å². The van der Waals surface area contributed by atoms with E-state index in [1.165, 1.54) is 13.0 Å². The highest BCUT2D eigenvalue weighted by molar-refractivity contribution is 5.91. The molecule has 0 radical (unpaired) electrons. The number of carboxylic acids is 1. The standard InChI is InChI=1S/C15H18FNO3/c1-10(13(18)19)17-14(20)15(8-4-5-9-15)11-6-2-3-7-12(11)16/h2-3,6-7,10H,4-5,8-9H2,1H3,(H,17,20)(H,18,19)/t10-/m0/s1. The molecule has 0 aromatic heterocycles. The number of amides is 1. The molecule has 5 heteroatoms. The van der Waals surface area contributed by atoms with Gasteiger partial charge >= 0.3 is 5.97 Å². The van der Waals surface area contributed by atoms with Crippen LogP contribution in [0.2, 0.25) is 0 Å². The summed E-state index contributed by atoms with van der Waals surface area (Å²) in [6, 6.07) is 5.26. The number of carbonyl (C=O) groups excluding carboxylic acids is 1. The predicted molar refractivity (Wildman–Crippen MR) is 71.8 cm³/mol. The second kappa shape index (κ2) is 5.61. The minimum Gasteiger partial charge on any atom is -0.480 e. The topological polar surface area (TPSA) is 66.4 Å². The molecule has 1 aromatic carbocycles. The maximum absolute atomic E-state index is 14.0. The number of rotatable bonds is 4. The van der Waals surface area contributed by atoms with Crippen LogP contribution in [0.15, 0.2) is 24.3 Å². The Morgan fingerprint density at radius 3 is 2.45 bits per heavy atom. The number of hydrogen-bond acceptors (Lipinski definition) is 2. The SMILES string of the molecule is C[C@H](NC(=O)C1(c2ccccc2F)CCCC1)C(=O)O. The second-order valence-corrected chi connectivity index (χ2v) is 5.30. The summed E-state index contributed by atoms with van der Waals surface area (Å²) in [6.07, 6.45) is 2.77. The number of carboxylic acid groups (broad SMARTS) is 1. The van der Waals surface area contributed by atoms with Gasteiger partial charge in [0.2, 0.25) is 5.91 Å². The van der Waals surface area contributed by atoms with Crippen molar-refractivity contribution in [2.24, 2.45) is 0 Å². The minimum absolute atomic E-state index is 0.368. The smallest absolute Gasteiger partial charge is 0.325 e. The van der Waals surface area contributed by atoms with Gasteiger partial charge in [0, 0.05) is 5.56 Å². The van der Waals surface area contributed by atoms with Crippen LogP contribution in [0, 0.1) is 5.82 Å². The molecule has 20 heavy (non-hydrogen) atoms. The van der Waals surface area contributed by atoms with Crippen molar-refractivity contribution in [2.45, 2.75) is 44.1 Å². The summed E-state index contributed by atoms with van der Waals surface area (Å²) < 4.78 is 14.0. The number of nitrogens with one attached hydrogen (secondary N) is 1. The third-order valence-corrected chi connectivity index (χ3v) is 4.00. The van der Waals surface area contributed by atoms with E-state index in [4.69, 9.17) is 5.11 Å². The third-order valence-electron chi connectivity index (χ3n) is 4.00. The van der Waals surface area contributed by atoms with E-state index in [9.17, 15) is 14.0 Å². The molecular formula is C15H18FNO3. The Kier molecular flexibility index (Phi) is 4.06. The van der Waals surface area contributed by atoms with Crippen molar-refractivity contribution in [2.75, 3.05) is 0 Å². The van der Waals surface area contributed by atoms with Gasteiger partial charge in [-0.15, -0.1) is 0 Å². The molecule has 2 rings (SSSR count). The van der Waals surface area contributed by atoms with Crippen LogP contribution in [0.4, 0.5) is 4.39 Å². The lowest BCUT2D eigenvalue weighted by Gasteiger charge is -2.29. The van der Waals surface area contributed by atoms with Crippen LogP contribution in [-0.4, -0.2) is 23.0 Å². The largest absolute Gasteiger partial charge is 0.480 e. The van der Waals surface area contributed by atoms with E-state index < -0.39 is 29.2 Å². The first-order chi connectivity index (χ1) is 9.47. The zero-order valence-electron chi connectivity index (χ0n) is 11.4. The Labute approximate surface area is 117 Å². The molecular weight excluding hydrogens is 261 g/mol. The van der Waals surface area contributed by atoms with Gasteiger partial charge in [0.25, 0.3) is 0 Å². The molecule has 0 saturated heterocycles. The Bertz CT molecular complexity index is 524. The van der Waals surface area contributed by atoms with Gasteiger partial charge in [-0.25, -0.2) is 4.39 Å². The van der Waals surface area contributed by atoms with Crippen LogP contribution in [-0.2, 0) is 15.0 Å². The first-order valence-corrected chi connectivity index (χ1v) is 6.76. The summed E-state index contributed by atoms with van der Waals surface area (Å²) in [5, 5.41) is 11.4. The third kappa shape index (κ3) is 2.53. The van der Waals surface area contributed by atoms with Gasteiger partial charge in [-0.1, -0.05) is 31.0 Å². The van der Waals surface area contributed by atoms with E-state index in [2.05, 4.69) is 5.32 Å². The Balaban J connectivity index is 2.33. The van der Waals surface area contributed by atoms with Crippen LogP contribution in [0.3, 0.4) is 0 Å². The molecule has 2 N–H and O–H groups in total. The molecule has 0 heterocycles. The highest BCUT2D eigenvalue weighted by atomic mass is 19.1. The Morgan fingerprint density at radius 1 is 1.30 bits per heavy atom. The lowest BCUT2D eigenvalue weighted by Crippen LogP contribution is -2.48. The average molecular weight is 279 g/mol. The number of halogens is 1. The Morgan fingerprint density at radius 2 is 1.90 bits per heavy atom. The van der Waals surface area contributed by atoms with Crippen molar-refractivity contribution in [3.8, 4) is 0 Å². The monoisotopic (exact) mass is 279 g/mol. The summed E-state index contributed by atoms with van der Waals surface area (Å²) in [5.74, 6) is -1.90. The van der Waals surface area contributed by atoms with Crippen LogP contribution < -0.4 is 5.32 Å². The summed E-state index contributed by atoms with van der Waals surface area (Å²) in [6.45, 7) is 1.41. The zero-order valence-corrected chi connectivity index (χ0v) is 11.4. The molecule has 1 fully saturated rings. The molecule has 1 saturated carbocycles. The maximum Gasteiger partial charge on any atom is 0.325 e. The predicted octanol–water partition coefficient (Wildman–Crippen LogP) is 2.23. The molecule has 0 unspecified atom stereocenters. The van der Waals surface area contributed by atoms with E-state index in [0.717, 1.165) is 12.8 Å². The first kappa shape index (κ1) is 14.5. The van der Waals surface area contributed by atoms with Gasteiger partial charge in [0.15, 0.2) is 0 Å². The molecule has 1 atom stereocenters. The summed E-state index contributed by atoms with van der Waals surface area (Å²) in [4.78, 5) is 23.4. The number of carbonyl (C=O) groups is 2. The lowest BCUT2D eigenvalue weighted by atomic mass is 9.77. The van der Waals surface area contributed by atoms with Crippen molar-refractivity contribution in [1.82, 2.24) is 5.32 Å². The molecule has 0 spiro atoms.